The van der Waals surface area contributed by atoms with Crippen molar-refractivity contribution < 1.29 is 9.47 Å². The number of benzene rings is 2. The van der Waals surface area contributed by atoms with Gasteiger partial charge in [0, 0.05) is 22.2 Å². The highest BCUT2D eigenvalue weighted by Crippen LogP contribution is 2.32. The minimum atomic E-state index is 0.105. The molecule has 4 rings (SSSR count). The second-order valence-corrected chi connectivity index (χ2v) is 13.9. The summed E-state index contributed by atoms with van der Waals surface area (Å²) in [7, 11) is 0. The molecule has 2 aromatic rings. The first kappa shape index (κ1) is 27.3. The molecular formula is C32H48N2O2. The third-order valence-corrected chi connectivity index (χ3v) is 7.52. The first-order valence-corrected chi connectivity index (χ1v) is 13.7. The Kier molecular flexibility index (Phi) is 7.75. The third-order valence-electron chi connectivity index (χ3n) is 7.52. The maximum Gasteiger partial charge on any atom is 0.0720 e. The van der Waals surface area contributed by atoms with Gasteiger partial charge >= 0.3 is 0 Å². The van der Waals surface area contributed by atoms with Gasteiger partial charge in [0.15, 0.2) is 0 Å². The average molecular weight is 493 g/mol. The fraction of sp³-hybridized carbons (Fsp3) is 0.625. The molecular weight excluding hydrogens is 444 g/mol. The Morgan fingerprint density at radius 1 is 0.528 bits per heavy atom. The van der Waals surface area contributed by atoms with Crippen LogP contribution in [0.3, 0.4) is 0 Å². The Balaban J connectivity index is 1.29. The molecule has 2 N–H and O–H groups in total. The van der Waals surface area contributed by atoms with Crippen molar-refractivity contribution in [3.05, 3.63) is 59.7 Å². The maximum absolute atomic E-state index is 6.35. The monoisotopic (exact) mass is 492 g/mol. The van der Waals surface area contributed by atoms with Gasteiger partial charge in [-0.2, -0.15) is 0 Å². The topological polar surface area (TPSA) is 42.5 Å². The predicted molar refractivity (Wildman–Crippen MR) is 150 cm³/mol. The molecule has 0 aliphatic carbocycles. The number of hydrogen-bond donors (Lipinski definition) is 2. The van der Waals surface area contributed by atoms with E-state index in [0.29, 0.717) is 13.2 Å². The SMILES string of the molecule is CC1(C)CC(OCc2ccc(-c3ccc(COC4CC(C)(C)NC(C)(C)C4)cc3)cc2)CC(C)(C)N1. The minimum Gasteiger partial charge on any atom is -0.373 e. The summed E-state index contributed by atoms with van der Waals surface area (Å²) in [5.41, 5.74) is 5.34. The summed E-state index contributed by atoms with van der Waals surface area (Å²) in [5, 5.41) is 7.46. The lowest BCUT2D eigenvalue weighted by Gasteiger charge is -2.46. The van der Waals surface area contributed by atoms with Crippen LogP contribution in [0, 0.1) is 0 Å². The number of ether oxygens (including phenoxy) is 2. The van der Waals surface area contributed by atoms with Crippen molar-refractivity contribution >= 4 is 0 Å². The van der Waals surface area contributed by atoms with Crippen molar-refractivity contribution in [2.24, 2.45) is 0 Å². The van der Waals surface area contributed by atoms with Gasteiger partial charge in [-0.25, -0.2) is 0 Å². The van der Waals surface area contributed by atoms with Gasteiger partial charge < -0.3 is 20.1 Å². The molecule has 2 saturated heterocycles. The van der Waals surface area contributed by atoms with Crippen LogP contribution in [-0.2, 0) is 22.7 Å². The number of hydrogen-bond acceptors (Lipinski definition) is 4. The summed E-state index contributed by atoms with van der Waals surface area (Å²) in [6.07, 6.45) is 4.73. The van der Waals surface area contributed by atoms with Gasteiger partial charge in [0.1, 0.15) is 0 Å². The van der Waals surface area contributed by atoms with Gasteiger partial charge in [-0.05, 0) is 103 Å². The smallest absolute Gasteiger partial charge is 0.0720 e. The summed E-state index contributed by atoms with van der Waals surface area (Å²) >= 11 is 0. The van der Waals surface area contributed by atoms with Crippen LogP contribution in [0.4, 0.5) is 0 Å². The van der Waals surface area contributed by atoms with Crippen molar-refractivity contribution in [1.29, 1.82) is 0 Å². The first-order chi connectivity index (χ1) is 16.7. The standard InChI is InChI=1S/C32H48N2O2/c1-29(2)17-27(18-30(3,4)33-29)35-21-23-9-13-25(14-10-23)26-15-11-24(12-16-26)22-36-28-19-31(5,6)34-32(7,8)20-28/h9-16,27-28,33-34H,17-22H2,1-8H3. The fourth-order valence-corrected chi connectivity index (χ4v) is 6.71. The van der Waals surface area contributed by atoms with Crippen molar-refractivity contribution in [1.82, 2.24) is 10.6 Å². The molecule has 0 unspecified atom stereocenters. The van der Waals surface area contributed by atoms with Gasteiger partial charge in [0.05, 0.1) is 25.4 Å². The quantitative estimate of drug-likeness (QED) is 0.436. The van der Waals surface area contributed by atoms with Crippen LogP contribution < -0.4 is 10.6 Å². The maximum atomic E-state index is 6.35. The summed E-state index contributed by atoms with van der Waals surface area (Å²) in [4.78, 5) is 0. The van der Waals surface area contributed by atoms with Crippen LogP contribution in [0.25, 0.3) is 11.1 Å². The van der Waals surface area contributed by atoms with Crippen molar-refractivity contribution in [3.8, 4) is 11.1 Å². The predicted octanol–water partition coefficient (Wildman–Crippen LogP) is 7.01. The van der Waals surface area contributed by atoms with Crippen LogP contribution in [0.5, 0.6) is 0 Å². The molecule has 0 radical (unpaired) electrons. The molecule has 4 heteroatoms. The summed E-state index contributed by atoms with van der Waals surface area (Å²) in [5.74, 6) is 0. The van der Waals surface area contributed by atoms with Gasteiger partial charge in [-0.15, -0.1) is 0 Å². The zero-order chi connectivity index (χ0) is 26.2. The van der Waals surface area contributed by atoms with E-state index in [2.05, 4.69) is 115 Å². The molecule has 2 aliphatic heterocycles. The van der Waals surface area contributed by atoms with E-state index < -0.39 is 0 Å². The van der Waals surface area contributed by atoms with Gasteiger partial charge in [0.25, 0.3) is 0 Å². The van der Waals surface area contributed by atoms with Crippen LogP contribution in [0.15, 0.2) is 48.5 Å². The van der Waals surface area contributed by atoms with E-state index in [0.717, 1.165) is 25.7 Å². The summed E-state index contributed by atoms with van der Waals surface area (Å²) in [6, 6.07) is 17.6. The van der Waals surface area contributed by atoms with Crippen LogP contribution >= 0.6 is 0 Å². The Labute approximate surface area is 219 Å². The molecule has 4 nitrogen and oxygen atoms in total. The average Bonchev–Trinajstić information content (AvgIpc) is 2.73. The fourth-order valence-electron chi connectivity index (χ4n) is 6.71. The van der Waals surface area contributed by atoms with Crippen molar-refractivity contribution in [2.45, 2.75) is 129 Å². The van der Waals surface area contributed by atoms with E-state index in [1.165, 1.54) is 22.3 Å². The van der Waals surface area contributed by atoms with E-state index in [9.17, 15) is 0 Å². The van der Waals surface area contributed by atoms with Gasteiger partial charge in [-0.3, -0.25) is 0 Å². The molecule has 0 spiro atoms. The van der Waals surface area contributed by atoms with Crippen molar-refractivity contribution in [2.75, 3.05) is 0 Å². The molecule has 0 bridgehead atoms. The second kappa shape index (κ2) is 10.2. The Morgan fingerprint density at radius 2 is 0.806 bits per heavy atom. The second-order valence-electron chi connectivity index (χ2n) is 13.9. The summed E-state index contributed by atoms with van der Waals surface area (Å²) in [6.45, 7) is 19.5. The zero-order valence-electron chi connectivity index (χ0n) is 23.8. The first-order valence-electron chi connectivity index (χ1n) is 13.7. The number of rotatable bonds is 7. The van der Waals surface area contributed by atoms with E-state index in [4.69, 9.17) is 9.47 Å². The lowest BCUT2D eigenvalue weighted by atomic mass is 9.81. The van der Waals surface area contributed by atoms with Crippen LogP contribution in [0.2, 0.25) is 0 Å². The Morgan fingerprint density at radius 3 is 1.08 bits per heavy atom. The lowest BCUT2D eigenvalue weighted by Crippen LogP contribution is -2.59. The van der Waals surface area contributed by atoms with Gasteiger partial charge in [-0.1, -0.05) is 48.5 Å². The normalized spacial score (nSPS) is 23.4. The Hall–Kier alpha value is -1.72. The molecule has 2 fully saturated rings. The lowest BCUT2D eigenvalue weighted by molar-refractivity contribution is -0.0307. The third kappa shape index (κ3) is 7.64. The molecule has 0 atom stereocenters. The molecule has 36 heavy (non-hydrogen) atoms. The molecule has 0 saturated carbocycles. The largest absolute Gasteiger partial charge is 0.373 e. The summed E-state index contributed by atoms with van der Waals surface area (Å²) < 4.78 is 12.7. The van der Waals surface area contributed by atoms with E-state index in [-0.39, 0.29) is 34.4 Å². The molecule has 2 heterocycles. The Bertz CT molecular complexity index is 890. The highest BCUT2D eigenvalue weighted by molar-refractivity contribution is 5.63. The molecule has 0 aromatic heterocycles. The number of piperidine rings is 2. The molecule has 198 valence electrons. The minimum absolute atomic E-state index is 0.105. The molecule has 2 aliphatic rings. The zero-order valence-corrected chi connectivity index (χ0v) is 23.8. The van der Waals surface area contributed by atoms with E-state index in [1.54, 1.807) is 0 Å². The highest BCUT2D eigenvalue weighted by Gasteiger charge is 2.39. The highest BCUT2D eigenvalue weighted by atomic mass is 16.5. The molecule has 2 aromatic carbocycles. The van der Waals surface area contributed by atoms with Gasteiger partial charge in [0.2, 0.25) is 0 Å². The molecule has 0 amide bonds. The van der Waals surface area contributed by atoms with Crippen LogP contribution in [0.1, 0.15) is 92.2 Å². The van der Waals surface area contributed by atoms with Crippen LogP contribution in [-0.4, -0.2) is 34.4 Å². The van der Waals surface area contributed by atoms with Crippen molar-refractivity contribution in [3.63, 3.8) is 0 Å². The number of nitrogens with one attached hydrogen (secondary N) is 2. The van der Waals surface area contributed by atoms with E-state index in [1.807, 2.05) is 0 Å². The van der Waals surface area contributed by atoms with E-state index >= 15 is 0 Å².